The Balaban J connectivity index is 2.08. The number of aliphatic hydroxyl groups is 1. The number of aromatic amines is 1. The number of rotatable bonds is 3. The lowest BCUT2D eigenvalue weighted by Gasteiger charge is -2.25. The van der Waals surface area contributed by atoms with Crippen LogP contribution in [0.15, 0.2) is 33.9 Å². The Bertz CT molecular complexity index is 1160. The second-order valence-corrected chi connectivity index (χ2v) is 6.89. The summed E-state index contributed by atoms with van der Waals surface area (Å²) in [6, 6.07) is 6.68. The van der Waals surface area contributed by atoms with Gasteiger partial charge in [0.05, 0.1) is 18.2 Å². The lowest BCUT2D eigenvalue weighted by Crippen LogP contribution is -2.32. The molecule has 2 N–H and O–H groups in total. The van der Waals surface area contributed by atoms with Crippen LogP contribution in [-0.2, 0) is 6.54 Å². The first kappa shape index (κ1) is 17.3. The van der Waals surface area contributed by atoms with Crippen molar-refractivity contribution < 1.29 is 14.6 Å². The van der Waals surface area contributed by atoms with Crippen LogP contribution >= 0.6 is 0 Å². The van der Waals surface area contributed by atoms with Crippen molar-refractivity contribution in [2.75, 3.05) is 7.11 Å². The van der Waals surface area contributed by atoms with Gasteiger partial charge in [0.2, 0.25) is 6.29 Å². The molecular weight excluding hydrogens is 350 g/mol. The van der Waals surface area contributed by atoms with Crippen molar-refractivity contribution in [3.8, 4) is 22.8 Å². The Hall–Kier alpha value is -3.13. The SMILES string of the molecule is COc1ccc2c(c1)-c1nc3c(cc1C(O)O2)c(=O)[nH]c(=O)n3CC(C)C. The monoisotopic (exact) mass is 369 g/mol. The summed E-state index contributed by atoms with van der Waals surface area (Å²) in [6.45, 7) is 4.35. The molecule has 1 unspecified atom stereocenters. The summed E-state index contributed by atoms with van der Waals surface area (Å²) in [7, 11) is 1.55. The molecule has 8 nitrogen and oxygen atoms in total. The van der Waals surface area contributed by atoms with Crippen molar-refractivity contribution in [1.29, 1.82) is 0 Å². The number of ether oxygens (including phenoxy) is 2. The van der Waals surface area contributed by atoms with Crippen molar-refractivity contribution in [2.24, 2.45) is 5.92 Å². The minimum atomic E-state index is -1.26. The molecule has 1 aromatic carbocycles. The van der Waals surface area contributed by atoms with E-state index in [0.717, 1.165) is 0 Å². The van der Waals surface area contributed by atoms with Crippen LogP contribution in [0.5, 0.6) is 11.5 Å². The van der Waals surface area contributed by atoms with Gasteiger partial charge in [0.15, 0.2) is 0 Å². The average molecular weight is 369 g/mol. The van der Waals surface area contributed by atoms with Crippen LogP contribution < -0.4 is 20.7 Å². The molecule has 2 aromatic heterocycles. The summed E-state index contributed by atoms with van der Waals surface area (Å²) in [6.07, 6.45) is -1.26. The van der Waals surface area contributed by atoms with Crippen molar-refractivity contribution in [2.45, 2.75) is 26.7 Å². The third-order valence-electron chi connectivity index (χ3n) is 4.49. The first-order valence-electron chi connectivity index (χ1n) is 8.60. The van der Waals surface area contributed by atoms with Crippen LogP contribution in [0.3, 0.4) is 0 Å². The van der Waals surface area contributed by atoms with Crippen molar-refractivity contribution in [3.63, 3.8) is 0 Å². The van der Waals surface area contributed by atoms with Crippen molar-refractivity contribution in [1.82, 2.24) is 14.5 Å². The molecule has 3 aromatic rings. The fourth-order valence-electron chi connectivity index (χ4n) is 3.27. The summed E-state index contributed by atoms with van der Waals surface area (Å²) < 4.78 is 12.3. The van der Waals surface area contributed by atoms with Crippen molar-refractivity contribution >= 4 is 11.0 Å². The second kappa shape index (κ2) is 6.24. The quantitative estimate of drug-likeness (QED) is 0.729. The lowest BCUT2D eigenvalue weighted by atomic mass is 10.0. The first-order chi connectivity index (χ1) is 12.9. The largest absolute Gasteiger partial charge is 0.497 e. The topological polar surface area (TPSA) is 106 Å². The Morgan fingerprint density at radius 2 is 2.11 bits per heavy atom. The van der Waals surface area contributed by atoms with Gasteiger partial charge in [-0.3, -0.25) is 14.3 Å². The molecule has 0 spiro atoms. The van der Waals surface area contributed by atoms with E-state index in [9.17, 15) is 14.7 Å². The molecule has 1 aliphatic rings. The third-order valence-corrected chi connectivity index (χ3v) is 4.49. The van der Waals surface area contributed by atoms with E-state index in [1.54, 1.807) is 25.3 Å². The zero-order valence-electron chi connectivity index (χ0n) is 15.1. The summed E-state index contributed by atoms with van der Waals surface area (Å²) in [4.78, 5) is 31.6. The van der Waals surface area contributed by atoms with Crippen LogP contribution in [0.1, 0.15) is 25.7 Å². The zero-order valence-corrected chi connectivity index (χ0v) is 15.1. The van der Waals surface area contributed by atoms with E-state index in [2.05, 4.69) is 9.97 Å². The number of fused-ring (bicyclic) bond motifs is 4. The van der Waals surface area contributed by atoms with Gasteiger partial charge in [-0.05, 0) is 30.2 Å². The Kier molecular flexibility index (Phi) is 4.00. The Labute approximate surface area is 154 Å². The van der Waals surface area contributed by atoms with E-state index in [1.165, 1.54) is 10.6 Å². The molecule has 0 amide bonds. The first-order valence-corrected chi connectivity index (χ1v) is 8.60. The van der Waals surface area contributed by atoms with E-state index in [0.29, 0.717) is 34.9 Å². The highest BCUT2D eigenvalue weighted by Crippen LogP contribution is 2.42. The predicted molar refractivity (Wildman–Crippen MR) is 99.0 cm³/mol. The minimum Gasteiger partial charge on any atom is -0.497 e. The Morgan fingerprint density at radius 1 is 1.33 bits per heavy atom. The molecule has 140 valence electrons. The molecule has 0 saturated heterocycles. The predicted octanol–water partition coefficient (Wildman–Crippen LogP) is 1.80. The minimum absolute atomic E-state index is 0.177. The van der Waals surface area contributed by atoms with Gasteiger partial charge in [-0.25, -0.2) is 9.78 Å². The average Bonchev–Trinajstić information content (AvgIpc) is 2.64. The number of benzene rings is 1. The van der Waals surface area contributed by atoms with E-state index >= 15 is 0 Å². The van der Waals surface area contributed by atoms with E-state index < -0.39 is 17.5 Å². The number of aliphatic hydroxyl groups excluding tert-OH is 1. The molecular formula is C19H19N3O5. The third kappa shape index (κ3) is 2.78. The fraction of sp³-hybridized carbons (Fsp3) is 0.316. The molecule has 0 aliphatic carbocycles. The van der Waals surface area contributed by atoms with Gasteiger partial charge in [0.25, 0.3) is 5.56 Å². The van der Waals surface area contributed by atoms with E-state index in [4.69, 9.17) is 9.47 Å². The van der Waals surface area contributed by atoms with Gasteiger partial charge in [-0.1, -0.05) is 13.8 Å². The number of nitrogens with zero attached hydrogens (tertiary/aromatic N) is 2. The molecule has 1 aliphatic heterocycles. The number of aromatic nitrogens is 3. The molecule has 0 fully saturated rings. The van der Waals surface area contributed by atoms with Gasteiger partial charge >= 0.3 is 5.69 Å². The van der Waals surface area contributed by atoms with Gasteiger partial charge in [0, 0.05) is 17.7 Å². The molecule has 1 atom stereocenters. The Morgan fingerprint density at radius 3 is 2.81 bits per heavy atom. The molecule has 27 heavy (non-hydrogen) atoms. The molecule has 3 heterocycles. The lowest BCUT2D eigenvalue weighted by molar-refractivity contribution is -0.0215. The van der Waals surface area contributed by atoms with Crippen LogP contribution in [0.2, 0.25) is 0 Å². The molecule has 0 radical (unpaired) electrons. The molecule has 4 rings (SSSR count). The molecule has 0 saturated carbocycles. The summed E-state index contributed by atoms with van der Waals surface area (Å²) in [5, 5.41) is 10.6. The number of methoxy groups -OCH3 is 1. The summed E-state index contributed by atoms with van der Waals surface area (Å²) in [5.41, 5.74) is 0.668. The summed E-state index contributed by atoms with van der Waals surface area (Å²) >= 11 is 0. The number of hydrogen-bond acceptors (Lipinski definition) is 6. The standard InChI is InChI=1S/C19H19N3O5/c1-9(2)8-22-16-13(17(23)21-19(22)25)7-12-15(20-16)11-6-10(26-3)4-5-14(11)27-18(12)24/h4-7,9,18,24H,8H2,1-3H3,(H,21,23,25). The fourth-order valence-corrected chi connectivity index (χ4v) is 3.27. The maximum Gasteiger partial charge on any atom is 0.330 e. The van der Waals surface area contributed by atoms with Crippen LogP contribution in [0.25, 0.3) is 22.3 Å². The van der Waals surface area contributed by atoms with Crippen LogP contribution in [-0.4, -0.2) is 26.8 Å². The van der Waals surface area contributed by atoms with E-state index in [1.807, 2.05) is 13.8 Å². The number of hydrogen-bond donors (Lipinski definition) is 2. The van der Waals surface area contributed by atoms with Gasteiger partial charge < -0.3 is 14.6 Å². The highest BCUT2D eigenvalue weighted by molar-refractivity contribution is 5.83. The maximum atomic E-state index is 12.3. The molecule has 0 bridgehead atoms. The van der Waals surface area contributed by atoms with Crippen LogP contribution in [0, 0.1) is 5.92 Å². The number of pyridine rings is 1. The second-order valence-electron chi connectivity index (χ2n) is 6.89. The maximum absolute atomic E-state index is 12.3. The summed E-state index contributed by atoms with van der Waals surface area (Å²) in [5.74, 6) is 1.23. The van der Waals surface area contributed by atoms with Crippen LogP contribution in [0.4, 0.5) is 0 Å². The van der Waals surface area contributed by atoms with Crippen molar-refractivity contribution in [3.05, 3.63) is 50.7 Å². The van der Waals surface area contributed by atoms with E-state index in [-0.39, 0.29) is 17.0 Å². The highest BCUT2D eigenvalue weighted by atomic mass is 16.6. The number of H-pyrrole nitrogens is 1. The number of nitrogens with one attached hydrogen (secondary N) is 1. The van der Waals surface area contributed by atoms with Gasteiger partial charge in [-0.15, -0.1) is 0 Å². The normalized spacial score (nSPS) is 15.4. The van der Waals surface area contributed by atoms with Gasteiger partial charge in [-0.2, -0.15) is 0 Å². The zero-order chi connectivity index (χ0) is 19.3. The smallest absolute Gasteiger partial charge is 0.330 e. The van der Waals surface area contributed by atoms with Gasteiger partial charge in [0.1, 0.15) is 17.1 Å². The molecule has 8 heteroatoms. The highest BCUT2D eigenvalue weighted by Gasteiger charge is 2.28.